The predicted molar refractivity (Wildman–Crippen MR) is 71.1 cm³/mol. The van der Waals surface area contributed by atoms with Crippen LogP contribution in [0.25, 0.3) is 0 Å². The SMILES string of the molecule is Cc1ccc(C(N)Cc2cccnc2)cc1Cl. The molecule has 0 saturated carbocycles. The third kappa shape index (κ3) is 3.05. The van der Waals surface area contributed by atoms with Crippen molar-refractivity contribution in [1.29, 1.82) is 0 Å². The number of aryl methyl sites for hydroxylation is 1. The Morgan fingerprint density at radius 3 is 2.82 bits per heavy atom. The first-order valence-corrected chi connectivity index (χ1v) is 5.95. The van der Waals surface area contributed by atoms with Gasteiger partial charge in [-0.15, -0.1) is 0 Å². The summed E-state index contributed by atoms with van der Waals surface area (Å²) in [5.41, 5.74) is 9.43. The van der Waals surface area contributed by atoms with Crippen LogP contribution in [0.1, 0.15) is 22.7 Å². The Morgan fingerprint density at radius 1 is 1.35 bits per heavy atom. The minimum Gasteiger partial charge on any atom is -0.324 e. The summed E-state index contributed by atoms with van der Waals surface area (Å²) >= 11 is 6.09. The van der Waals surface area contributed by atoms with Gasteiger partial charge in [-0.3, -0.25) is 4.98 Å². The summed E-state index contributed by atoms with van der Waals surface area (Å²) in [7, 11) is 0. The lowest BCUT2D eigenvalue weighted by atomic mass is 10.00. The Morgan fingerprint density at radius 2 is 2.18 bits per heavy atom. The lowest BCUT2D eigenvalue weighted by molar-refractivity contribution is 0.719. The molecular formula is C14H15ClN2. The van der Waals surface area contributed by atoms with Gasteiger partial charge in [0.2, 0.25) is 0 Å². The number of nitrogens with two attached hydrogens (primary N) is 1. The molecule has 0 fully saturated rings. The van der Waals surface area contributed by atoms with Crippen LogP contribution in [0.3, 0.4) is 0 Å². The van der Waals surface area contributed by atoms with Crippen LogP contribution in [0.4, 0.5) is 0 Å². The van der Waals surface area contributed by atoms with E-state index in [4.69, 9.17) is 17.3 Å². The maximum absolute atomic E-state index is 6.16. The monoisotopic (exact) mass is 246 g/mol. The average molecular weight is 247 g/mol. The van der Waals surface area contributed by atoms with Gasteiger partial charge in [0.1, 0.15) is 0 Å². The zero-order valence-corrected chi connectivity index (χ0v) is 10.5. The molecule has 1 aromatic carbocycles. The first-order valence-electron chi connectivity index (χ1n) is 5.57. The van der Waals surface area contributed by atoms with E-state index in [9.17, 15) is 0 Å². The van der Waals surface area contributed by atoms with E-state index in [2.05, 4.69) is 4.98 Å². The molecule has 0 aliphatic rings. The van der Waals surface area contributed by atoms with Crippen molar-refractivity contribution in [2.45, 2.75) is 19.4 Å². The van der Waals surface area contributed by atoms with Gasteiger partial charge in [0.15, 0.2) is 0 Å². The van der Waals surface area contributed by atoms with Gasteiger partial charge in [0.05, 0.1) is 0 Å². The summed E-state index contributed by atoms with van der Waals surface area (Å²) in [5.74, 6) is 0. The molecule has 17 heavy (non-hydrogen) atoms. The molecule has 0 aliphatic carbocycles. The topological polar surface area (TPSA) is 38.9 Å². The Bertz CT molecular complexity index is 497. The Labute approximate surface area is 106 Å². The third-order valence-corrected chi connectivity index (χ3v) is 3.21. The van der Waals surface area contributed by atoms with Crippen molar-refractivity contribution < 1.29 is 0 Å². The van der Waals surface area contributed by atoms with E-state index in [-0.39, 0.29) is 6.04 Å². The first kappa shape index (κ1) is 12.1. The summed E-state index contributed by atoms with van der Waals surface area (Å²) in [4.78, 5) is 4.08. The second kappa shape index (κ2) is 5.30. The molecule has 0 aliphatic heterocycles. The van der Waals surface area contributed by atoms with Gasteiger partial charge in [-0.05, 0) is 42.2 Å². The molecule has 2 rings (SSSR count). The molecule has 0 spiro atoms. The van der Waals surface area contributed by atoms with Crippen molar-refractivity contribution in [3.63, 3.8) is 0 Å². The van der Waals surface area contributed by atoms with Crippen LogP contribution >= 0.6 is 11.6 Å². The van der Waals surface area contributed by atoms with Gasteiger partial charge in [0.25, 0.3) is 0 Å². The summed E-state index contributed by atoms with van der Waals surface area (Å²) in [6.07, 6.45) is 4.38. The van der Waals surface area contributed by atoms with Crippen molar-refractivity contribution in [3.05, 3.63) is 64.4 Å². The average Bonchev–Trinajstić information content (AvgIpc) is 2.34. The number of halogens is 1. The largest absolute Gasteiger partial charge is 0.324 e. The molecule has 2 nitrogen and oxygen atoms in total. The van der Waals surface area contributed by atoms with Crippen molar-refractivity contribution in [2.24, 2.45) is 5.73 Å². The normalized spacial score (nSPS) is 12.4. The summed E-state index contributed by atoms with van der Waals surface area (Å²) in [5, 5.41) is 0.768. The summed E-state index contributed by atoms with van der Waals surface area (Å²) in [6.45, 7) is 1.98. The van der Waals surface area contributed by atoms with Crippen LogP contribution in [0.5, 0.6) is 0 Å². The standard InChI is InChI=1S/C14H15ClN2/c1-10-4-5-12(8-13(10)15)14(16)7-11-3-2-6-17-9-11/h2-6,8-9,14H,7,16H2,1H3. The van der Waals surface area contributed by atoms with E-state index >= 15 is 0 Å². The highest BCUT2D eigenvalue weighted by Gasteiger charge is 2.08. The molecule has 1 unspecified atom stereocenters. The maximum Gasteiger partial charge on any atom is 0.0438 e. The third-order valence-electron chi connectivity index (χ3n) is 2.80. The molecule has 1 atom stereocenters. The Balaban J connectivity index is 2.14. The van der Waals surface area contributed by atoms with Crippen LogP contribution in [-0.4, -0.2) is 4.98 Å². The number of aromatic nitrogens is 1. The zero-order chi connectivity index (χ0) is 12.3. The highest BCUT2D eigenvalue weighted by molar-refractivity contribution is 6.31. The van der Waals surface area contributed by atoms with Gasteiger partial charge < -0.3 is 5.73 Å². The van der Waals surface area contributed by atoms with Crippen LogP contribution in [-0.2, 0) is 6.42 Å². The van der Waals surface area contributed by atoms with Crippen molar-refractivity contribution in [2.75, 3.05) is 0 Å². The molecule has 2 N–H and O–H groups in total. The van der Waals surface area contributed by atoms with Crippen LogP contribution < -0.4 is 5.73 Å². The lowest BCUT2D eigenvalue weighted by Gasteiger charge is -2.13. The van der Waals surface area contributed by atoms with Crippen molar-refractivity contribution in [3.8, 4) is 0 Å². The second-order valence-corrected chi connectivity index (χ2v) is 4.59. The summed E-state index contributed by atoms with van der Waals surface area (Å²) < 4.78 is 0. The quantitative estimate of drug-likeness (QED) is 0.903. The lowest BCUT2D eigenvalue weighted by Crippen LogP contribution is -2.13. The number of hydrogen-bond donors (Lipinski definition) is 1. The number of rotatable bonds is 3. The van der Waals surface area contributed by atoms with E-state index in [1.807, 2.05) is 43.5 Å². The second-order valence-electron chi connectivity index (χ2n) is 4.18. The first-order chi connectivity index (χ1) is 8.16. The Kier molecular flexibility index (Phi) is 3.77. The van der Waals surface area contributed by atoms with E-state index in [0.29, 0.717) is 0 Å². The number of hydrogen-bond acceptors (Lipinski definition) is 2. The van der Waals surface area contributed by atoms with Crippen LogP contribution in [0, 0.1) is 6.92 Å². The molecule has 0 bridgehead atoms. The van der Waals surface area contributed by atoms with Crippen LogP contribution in [0.2, 0.25) is 5.02 Å². The fourth-order valence-electron chi connectivity index (χ4n) is 1.73. The van der Waals surface area contributed by atoms with E-state index < -0.39 is 0 Å². The Hall–Kier alpha value is -1.38. The number of nitrogens with zero attached hydrogens (tertiary/aromatic N) is 1. The summed E-state index contributed by atoms with van der Waals surface area (Å²) in [6, 6.07) is 9.88. The van der Waals surface area contributed by atoms with Gasteiger partial charge in [-0.2, -0.15) is 0 Å². The van der Waals surface area contributed by atoms with Crippen molar-refractivity contribution in [1.82, 2.24) is 4.98 Å². The maximum atomic E-state index is 6.16. The molecule has 1 aromatic heterocycles. The molecule has 88 valence electrons. The highest BCUT2D eigenvalue weighted by atomic mass is 35.5. The molecule has 0 radical (unpaired) electrons. The fourth-order valence-corrected chi connectivity index (χ4v) is 1.92. The molecular weight excluding hydrogens is 232 g/mol. The molecule has 0 saturated heterocycles. The molecule has 2 aromatic rings. The van der Waals surface area contributed by atoms with Gasteiger partial charge in [0, 0.05) is 23.5 Å². The molecule has 3 heteroatoms. The smallest absolute Gasteiger partial charge is 0.0438 e. The number of pyridine rings is 1. The van der Waals surface area contributed by atoms with Gasteiger partial charge in [-0.1, -0.05) is 29.8 Å². The van der Waals surface area contributed by atoms with E-state index in [1.54, 1.807) is 6.20 Å². The molecule has 0 amide bonds. The van der Waals surface area contributed by atoms with Crippen LogP contribution in [0.15, 0.2) is 42.7 Å². The fraction of sp³-hybridized carbons (Fsp3) is 0.214. The minimum absolute atomic E-state index is 0.0442. The van der Waals surface area contributed by atoms with Crippen molar-refractivity contribution >= 4 is 11.6 Å². The predicted octanol–water partition coefficient (Wildman–Crippen LogP) is 3.29. The zero-order valence-electron chi connectivity index (χ0n) is 9.73. The van der Waals surface area contributed by atoms with Gasteiger partial charge in [-0.25, -0.2) is 0 Å². The minimum atomic E-state index is -0.0442. The van der Waals surface area contributed by atoms with E-state index in [0.717, 1.165) is 28.1 Å². The highest BCUT2D eigenvalue weighted by Crippen LogP contribution is 2.22. The molecule has 1 heterocycles. The van der Waals surface area contributed by atoms with E-state index in [1.165, 1.54) is 0 Å². The number of benzene rings is 1. The van der Waals surface area contributed by atoms with Gasteiger partial charge >= 0.3 is 0 Å².